The first-order chi connectivity index (χ1) is 15.5. The molecule has 0 N–H and O–H groups in total. The Bertz CT molecular complexity index is 1170. The van der Waals surface area contributed by atoms with E-state index in [1.54, 1.807) is 29.3 Å². The van der Waals surface area contributed by atoms with Crippen molar-refractivity contribution >= 4 is 34.9 Å². The van der Waals surface area contributed by atoms with Crippen molar-refractivity contribution in [1.29, 1.82) is 0 Å². The van der Waals surface area contributed by atoms with Gasteiger partial charge in [0.1, 0.15) is 12.6 Å². The molecule has 5 rings (SSSR count). The smallest absolute Gasteiger partial charge is 0.416 e. The number of benzene rings is 1. The number of morpholine rings is 1. The van der Waals surface area contributed by atoms with Gasteiger partial charge in [0.25, 0.3) is 0 Å². The number of anilines is 2. The van der Waals surface area contributed by atoms with Gasteiger partial charge in [-0.2, -0.15) is 0 Å². The lowest BCUT2D eigenvalue weighted by atomic mass is 10.1. The third-order valence-electron chi connectivity index (χ3n) is 5.68. The number of nitrogens with zero attached hydrogens (tertiary/aromatic N) is 4. The summed E-state index contributed by atoms with van der Waals surface area (Å²) in [4.78, 5) is 31.8. The molecule has 32 heavy (non-hydrogen) atoms. The van der Waals surface area contributed by atoms with Gasteiger partial charge in [-0.25, -0.2) is 14.1 Å². The zero-order valence-electron chi connectivity index (χ0n) is 17.5. The van der Waals surface area contributed by atoms with Crippen molar-refractivity contribution in [3.63, 3.8) is 0 Å². The van der Waals surface area contributed by atoms with E-state index < -0.39 is 18.0 Å². The Morgan fingerprint density at radius 3 is 2.69 bits per heavy atom. The van der Waals surface area contributed by atoms with E-state index in [0.29, 0.717) is 25.1 Å². The van der Waals surface area contributed by atoms with E-state index in [4.69, 9.17) is 14.0 Å². The van der Waals surface area contributed by atoms with E-state index in [2.05, 4.69) is 10.1 Å². The minimum Gasteiger partial charge on any atom is -0.446 e. The number of carbonyl (C=O) groups excluding carboxylic acids is 2. The van der Waals surface area contributed by atoms with Crippen LogP contribution in [0.2, 0.25) is 0 Å². The second-order valence-corrected chi connectivity index (χ2v) is 8.01. The Hall–Kier alpha value is -3.53. The average molecular weight is 440 g/mol. The first-order valence-electron chi connectivity index (χ1n) is 10.3. The number of pyridine rings is 1. The number of ether oxygens (including phenoxy) is 2. The molecule has 10 heteroatoms. The monoisotopic (exact) mass is 440 g/mol. The minimum atomic E-state index is -0.702. The fourth-order valence-electron chi connectivity index (χ4n) is 4.43. The maximum atomic E-state index is 15.7. The van der Waals surface area contributed by atoms with E-state index in [1.807, 2.05) is 13.8 Å². The molecule has 3 aromatic rings. The Morgan fingerprint density at radius 1 is 1.22 bits per heavy atom. The van der Waals surface area contributed by atoms with Crippen molar-refractivity contribution in [3.8, 4) is 0 Å². The number of hydrogen-bond donors (Lipinski definition) is 0. The molecule has 1 amide bonds. The number of rotatable bonds is 4. The highest BCUT2D eigenvalue weighted by molar-refractivity contribution is 6.03. The summed E-state index contributed by atoms with van der Waals surface area (Å²) in [6.07, 6.45) is 1.30. The molecule has 2 saturated heterocycles. The predicted octanol–water partition coefficient (Wildman–Crippen LogP) is 3.49. The highest BCUT2D eigenvalue weighted by Gasteiger charge is 2.40. The van der Waals surface area contributed by atoms with E-state index in [0.717, 1.165) is 0 Å². The second kappa shape index (κ2) is 7.86. The van der Waals surface area contributed by atoms with Crippen LogP contribution in [-0.2, 0) is 9.47 Å². The standard InChI is InChI=1S/C22H21FN4O5/c1-12-8-26(9-13(2)31-12)19-14(10-28)7-15-20(18(19)23)32-25-21(15)27-17(11-30-22(27)29)16-5-3-4-6-24-16/h3-7,10,12-13,17H,8-9,11H2,1-2H3. The number of halogens is 1. The van der Waals surface area contributed by atoms with Crippen molar-refractivity contribution in [2.75, 3.05) is 29.5 Å². The number of aldehydes is 1. The lowest BCUT2D eigenvalue weighted by Crippen LogP contribution is -2.46. The highest BCUT2D eigenvalue weighted by Crippen LogP contribution is 2.40. The van der Waals surface area contributed by atoms with Crippen LogP contribution in [0.5, 0.6) is 0 Å². The normalized spacial score (nSPS) is 23.6. The topological polar surface area (TPSA) is 98.0 Å². The number of fused-ring (bicyclic) bond motifs is 1. The summed E-state index contributed by atoms with van der Waals surface area (Å²) in [6, 6.07) is 6.26. The Balaban J connectivity index is 1.62. The Kier molecular flexibility index (Phi) is 5.01. The molecule has 3 atom stereocenters. The summed E-state index contributed by atoms with van der Waals surface area (Å²) in [6.45, 7) is 4.70. The zero-order chi connectivity index (χ0) is 22.4. The SMILES string of the molecule is CC1CN(c2c(C=O)cc3c(N4C(=O)OCC4c4ccccn4)noc3c2F)CC(C)O1. The number of amides is 1. The van der Waals surface area contributed by atoms with Crippen LogP contribution in [0.1, 0.15) is 35.9 Å². The van der Waals surface area contributed by atoms with Crippen molar-refractivity contribution in [3.05, 3.63) is 47.5 Å². The molecule has 0 bridgehead atoms. The van der Waals surface area contributed by atoms with Gasteiger partial charge < -0.3 is 18.9 Å². The highest BCUT2D eigenvalue weighted by atomic mass is 19.1. The van der Waals surface area contributed by atoms with Crippen LogP contribution in [0.4, 0.5) is 20.7 Å². The number of carbonyl (C=O) groups is 2. The quantitative estimate of drug-likeness (QED) is 0.569. The summed E-state index contributed by atoms with van der Waals surface area (Å²) in [5, 5.41) is 4.19. The fraction of sp³-hybridized carbons (Fsp3) is 0.364. The molecule has 2 aromatic heterocycles. The minimum absolute atomic E-state index is 0.0643. The van der Waals surface area contributed by atoms with Crippen LogP contribution < -0.4 is 9.80 Å². The van der Waals surface area contributed by atoms with Gasteiger partial charge in [-0.05, 0) is 32.0 Å². The number of hydrogen-bond acceptors (Lipinski definition) is 8. The molecule has 0 aliphatic carbocycles. The van der Waals surface area contributed by atoms with E-state index in [9.17, 15) is 9.59 Å². The molecule has 2 aliphatic rings. The van der Waals surface area contributed by atoms with Gasteiger partial charge in [0.15, 0.2) is 17.9 Å². The molecular formula is C22H21FN4O5. The molecule has 2 aliphatic heterocycles. The van der Waals surface area contributed by atoms with Crippen LogP contribution in [0.25, 0.3) is 11.0 Å². The summed E-state index contributed by atoms with van der Waals surface area (Å²) >= 11 is 0. The largest absolute Gasteiger partial charge is 0.446 e. The Morgan fingerprint density at radius 2 is 2.00 bits per heavy atom. The maximum absolute atomic E-state index is 15.7. The van der Waals surface area contributed by atoms with Gasteiger partial charge in [0.2, 0.25) is 5.58 Å². The summed E-state index contributed by atoms with van der Waals surface area (Å²) in [5.74, 6) is -0.623. The molecule has 3 unspecified atom stereocenters. The molecule has 9 nitrogen and oxygen atoms in total. The van der Waals surface area contributed by atoms with Gasteiger partial charge in [-0.3, -0.25) is 9.78 Å². The van der Waals surface area contributed by atoms with Gasteiger partial charge in [-0.1, -0.05) is 11.2 Å². The average Bonchev–Trinajstić information content (AvgIpc) is 3.36. The lowest BCUT2D eigenvalue weighted by molar-refractivity contribution is -0.00543. The Labute approximate surface area is 182 Å². The van der Waals surface area contributed by atoms with Crippen LogP contribution >= 0.6 is 0 Å². The molecule has 0 spiro atoms. The molecule has 4 heterocycles. The van der Waals surface area contributed by atoms with E-state index in [1.165, 1.54) is 11.0 Å². The van der Waals surface area contributed by atoms with E-state index in [-0.39, 0.29) is 46.9 Å². The number of aromatic nitrogens is 2. The zero-order valence-corrected chi connectivity index (χ0v) is 17.5. The van der Waals surface area contributed by atoms with Crippen molar-refractivity contribution in [2.45, 2.75) is 32.1 Å². The van der Waals surface area contributed by atoms with Crippen molar-refractivity contribution in [1.82, 2.24) is 10.1 Å². The van der Waals surface area contributed by atoms with E-state index >= 15 is 4.39 Å². The molecule has 0 saturated carbocycles. The van der Waals surface area contributed by atoms with Gasteiger partial charge in [0, 0.05) is 24.8 Å². The fourth-order valence-corrected chi connectivity index (χ4v) is 4.43. The maximum Gasteiger partial charge on any atom is 0.416 e. The van der Waals surface area contributed by atoms with Crippen LogP contribution in [0.3, 0.4) is 0 Å². The summed E-state index contributed by atoms with van der Waals surface area (Å²) < 4.78 is 31.9. The molecular weight excluding hydrogens is 419 g/mol. The summed E-state index contributed by atoms with van der Waals surface area (Å²) in [5.41, 5.74) is 0.746. The predicted molar refractivity (Wildman–Crippen MR) is 112 cm³/mol. The van der Waals surface area contributed by atoms with Gasteiger partial charge >= 0.3 is 6.09 Å². The second-order valence-electron chi connectivity index (χ2n) is 8.01. The van der Waals surface area contributed by atoms with Crippen LogP contribution in [-0.4, -0.2) is 54.4 Å². The van der Waals surface area contributed by atoms with Crippen molar-refractivity contribution < 1.29 is 28.0 Å². The van der Waals surface area contributed by atoms with Crippen LogP contribution in [0, 0.1) is 5.82 Å². The molecule has 1 aromatic carbocycles. The lowest BCUT2D eigenvalue weighted by Gasteiger charge is -2.37. The van der Waals surface area contributed by atoms with Crippen LogP contribution in [0.15, 0.2) is 35.0 Å². The van der Waals surface area contributed by atoms with Gasteiger partial charge in [-0.15, -0.1) is 0 Å². The summed E-state index contributed by atoms with van der Waals surface area (Å²) in [7, 11) is 0. The first-order valence-corrected chi connectivity index (χ1v) is 10.3. The molecule has 2 fully saturated rings. The van der Waals surface area contributed by atoms with Gasteiger partial charge in [0.05, 0.1) is 29.0 Å². The van der Waals surface area contributed by atoms with Crippen molar-refractivity contribution in [2.24, 2.45) is 0 Å². The third kappa shape index (κ3) is 3.27. The third-order valence-corrected chi connectivity index (χ3v) is 5.68. The molecule has 166 valence electrons. The number of cyclic esters (lactones) is 1. The molecule has 0 radical (unpaired) electrons. The first kappa shape index (κ1) is 20.4.